The summed E-state index contributed by atoms with van der Waals surface area (Å²) in [7, 11) is 3.18. The molecule has 6 nitrogen and oxygen atoms in total. The molecule has 1 amide bonds. The molecule has 0 aliphatic heterocycles. The van der Waals surface area contributed by atoms with Crippen molar-refractivity contribution in [1.82, 2.24) is 10.6 Å². The third kappa shape index (κ3) is 6.87. The monoisotopic (exact) mass is 218 g/mol. The Morgan fingerprint density at radius 1 is 1.33 bits per heavy atom. The predicted octanol–water partition coefficient (Wildman–Crippen LogP) is -1.36. The third-order valence-electron chi connectivity index (χ3n) is 1.91. The van der Waals surface area contributed by atoms with Crippen LogP contribution in [-0.2, 0) is 14.3 Å². The minimum Gasteiger partial charge on any atom is -0.464 e. The molecule has 1 atom stereocenters. The van der Waals surface area contributed by atoms with Crippen LogP contribution in [0.5, 0.6) is 0 Å². The molecule has 3 N–H and O–H groups in total. The van der Waals surface area contributed by atoms with E-state index in [1.807, 2.05) is 0 Å². The van der Waals surface area contributed by atoms with Crippen molar-refractivity contribution < 1.29 is 19.4 Å². The van der Waals surface area contributed by atoms with Crippen molar-refractivity contribution in [2.45, 2.75) is 18.9 Å². The zero-order valence-electron chi connectivity index (χ0n) is 9.08. The van der Waals surface area contributed by atoms with Crippen LogP contribution >= 0.6 is 0 Å². The fourth-order valence-corrected chi connectivity index (χ4v) is 0.834. The van der Waals surface area contributed by atoms with Crippen LogP contribution in [0.1, 0.15) is 12.8 Å². The molecule has 0 aliphatic carbocycles. The number of aliphatic hydroxyl groups excluding tert-OH is 1. The Hall–Kier alpha value is -1.14. The van der Waals surface area contributed by atoms with Crippen molar-refractivity contribution >= 4 is 11.9 Å². The van der Waals surface area contributed by atoms with Gasteiger partial charge < -0.3 is 20.5 Å². The van der Waals surface area contributed by atoms with Crippen molar-refractivity contribution in [3.63, 3.8) is 0 Å². The second-order valence-electron chi connectivity index (χ2n) is 3.02. The van der Waals surface area contributed by atoms with Crippen molar-refractivity contribution in [2.75, 3.05) is 27.3 Å². The maximum atomic E-state index is 11.1. The van der Waals surface area contributed by atoms with Gasteiger partial charge in [-0.3, -0.25) is 9.59 Å². The molecular formula is C9H18N2O4. The van der Waals surface area contributed by atoms with E-state index < -0.39 is 5.97 Å². The quantitative estimate of drug-likeness (QED) is 0.459. The molecule has 0 bridgehead atoms. The molecule has 0 fully saturated rings. The first-order valence-corrected chi connectivity index (χ1v) is 4.78. The number of likely N-dealkylation sites (N-methyl/N-ethyl adjacent to an activating group) is 1. The van der Waals surface area contributed by atoms with Gasteiger partial charge in [0.1, 0.15) is 6.61 Å². The Bertz CT molecular complexity index is 204. The number of nitrogens with one attached hydrogen (secondary N) is 2. The third-order valence-corrected chi connectivity index (χ3v) is 1.91. The molecule has 0 aromatic heterocycles. The lowest BCUT2D eigenvalue weighted by Gasteiger charge is -2.12. The maximum Gasteiger partial charge on any atom is 0.306 e. The standard InChI is InChI=1S/C9H18N2O4/c1-10-7(5-12)6-15-9(14)4-3-8(13)11-2/h7,10,12H,3-6H2,1-2H3,(H,11,13)/t7-/m0/s1. The van der Waals surface area contributed by atoms with Gasteiger partial charge in [0.25, 0.3) is 0 Å². The highest BCUT2D eigenvalue weighted by Gasteiger charge is 2.10. The van der Waals surface area contributed by atoms with Gasteiger partial charge in [0.15, 0.2) is 0 Å². The number of ether oxygens (including phenoxy) is 1. The highest BCUT2D eigenvalue weighted by Crippen LogP contribution is 1.94. The van der Waals surface area contributed by atoms with Gasteiger partial charge >= 0.3 is 5.97 Å². The van der Waals surface area contributed by atoms with Gasteiger partial charge in [0, 0.05) is 13.5 Å². The average Bonchev–Trinajstić information content (AvgIpc) is 2.27. The first kappa shape index (κ1) is 13.9. The van der Waals surface area contributed by atoms with Crippen molar-refractivity contribution in [2.24, 2.45) is 0 Å². The Morgan fingerprint density at radius 2 is 2.00 bits per heavy atom. The van der Waals surface area contributed by atoms with E-state index in [-0.39, 0.29) is 38.0 Å². The average molecular weight is 218 g/mol. The largest absolute Gasteiger partial charge is 0.464 e. The van der Waals surface area contributed by atoms with Gasteiger partial charge in [-0.2, -0.15) is 0 Å². The lowest BCUT2D eigenvalue weighted by molar-refractivity contribution is -0.145. The molecular weight excluding hydrogens is 200 g/mol. The number of carbonyl (C=O) groups excluding carboxylic acids is 2. The van der Waals surface area contributed by atoms with Crippen molar-refractivity contribution in [1.29, 1.82) is 0 Å². The highest BCUT2D eigenvalue weighted by atomic mass is 16.5. The van der Waals surface area contributed by atoms with E-state index in [1.54, 1.807) is 7.05 Å². The molecule has 6 heteroatoms. The molecule has 0 rings (SSSR count). The topological polar surface area (TPSA) is 87.7 Å². The summed E-state index contributed by atoms with van der Waals surface area (Å²) in [5.41, 5.74) is 0. The lowest BCUT2D eigenvalue weighted by atomic mass is 10.3. The smallest absolute Gasteiger partial charge is 0.306 e. The molecule has 0 unspecified atom stereocenters. The fourth-order valence-electron chi connectivity index (χ4n) is 0.834. The number of rotatable bonds is 7. The second-order valence-corrected chi connectivity index (χ2v) is 3.02. The zero-order valence-corrected chi connectivity index (χ0v) is 9.08. The van der Waals surface area contributed by atoms with Crippen LogP contribution in [0.25, 0.3) is 0 Å². The van der Waals surface area contributed by atoms with Crippen LogP contribution < -0.4 is 10.6 Å². The molecule has 0 radical (unpaired) electrons. The molecule has 88 valence electrons. The number of hydrogen-bond acceptors (Lipinski definition) is 5. The normalized spacial score (nSPS) is 11.9. The minimum atomic E-state index is -0.438. The van der Waals surface area contributed by atoms with Gasteiger partial charge in [0.05, 0.1) is 19.1 Å². The summed E-state index contributed by atoms with van der Waals surface area (Å²) in [5, 5.41) is 14.0. The number of carbonyl (C=O) groups is 2. The van der Waals surface area contributed by atoms with E-state index >= 15 is 0 Å². The number of hydrogen-bond donors (Lipinski definition) is 3. The first-order chi connectivity index (χ1) is 7.13. The molecule has 0 aromatic rings. The Kier molecular flexibility index (Phi) is 7.57. The molecule has 0 saturated heterocycles. The predicted molar refractivity (Wildman–Crippen MR) is 54.2 cm³/mol. The van der Waals surface area contributed by atoms with Crippen LogP contribution in [0, 0.1) is 0 Å². The summed E-state index contributed by atoms with van der Waals surface area (Å²) in [5.74, 6) is -0.633. The first-order valence-electron chi connectivity index (χ1n) is 4.78. The molecule has 0 aromatic carbocycles. The van der Waals surface area contributed by atoms with E-state index in [0.717, 1.165) is 0 Å². The summed E-state index contributed by atoms with van der Waals surface area (Å²) in [4.78, 5) is 21.9. The van der Waals surface area contributed by atoms with E-state index in [4.69, 9.17) is 9.84 Å². The lowest BCUT2D eigenvalue weighted by Crippen LogP contribution is -2.34. The van der Waals surface area contributed by atoms with Crippen LogP contribution in [0.2, 0.25) is 0 Å². The van der Waals surface area contributed by atoms with Crippen LogP contribution in [0.3, 0.4) is 0 Å². The maximum absolute atomic E-state index is 11.1. The van der Waals surface area contributed by atoms with E-state index in [9.17, 15) is 9.59 Å². The number of amides is 1. The van der Waals surface area contributed by atoms with E-state index in [0.29, 0.717) is 0 Å². The molecule has 0 aliphatic rings. The van der Waals surface area contributed by atoms with Gasteiger partial charge in [-0.25, -0.2) is 0 Å². The summed E-state index contributed by atoms with van der Waals surface area (Å²) in [6, 6.07) is -0.256. The van der Waals surface area contributed by atoms with Gasteiger partial charge in [-0.05, 0) is 7.05 Å². The van der Waals surface area contributed by atoms with Crippen LogP contribution in [0.15, 0.2) is 0 Å². The highest BCUT2D eigenvalue weighted by molar-refractivity contribution is 5.80. The fraction of sp³-hybridized carbons (Fsp3) is 0.778. The molecule has 15 heavy (non-hydrogen) atoms. The summed E-state index contributed by atoms with van der Waals surface area (Å²) >= 11 is 0. The minimum absolute atomic E-state index is 0.0571. The Balaban J connectivity index is 3.61. The molecule has 0 spiro atoms. The Morgan fingerprint density at radius 3 is 2.47 bits per heavy atom. The van der Waals surface area contributed by atoms with Crippen molar-refractivity contribution in [3.05, 3.63) is 0 Å². The summed E-state index contributed by atoms with van der Waals surface area (Å²) < 4.78 is 4.84. The Labute approximate surface area is 89.0 Å². The van der Waals surface area contributed by atoms with Gasteiger partial charge in [-0.15, -0.1) is 0 Å². The van der Waals surface area contributed by atoms with Crippen LogP contribution in [-0.4, -0.2) is 50.3 Å². The molecule has 0 saturated carbocycles. The van der Waals surface area contributed by atoms with E-state index in [2.05, 4.69) is 10.6 Å². The zero-order chi connectivity index (χ0) is 11.7. The number of esters is 1. The SMILES string of the molecule is CNC(=O)CCC(=O)OC[C@H](CO)NC. The van der Waals surface area contributed by atoms with Crippen LogP contribution in [0.4, 0.5) is 0 Å². The van der Waals surface area contributed by atoms with Crippen molar-refractivity contribution in [3.8, 4) is 0 Å². The summed E-state index contributed by atoms with van der Waals surface area (Å²) in [6.45, 7) is 0.0127. The number of aliphatic hydroxyl groups is 1. The van der Waals surface area contributed by atoms with E-state index in [1.165, 1.54) is 7.05 Å². The van der Waals surface area contributed by atoms with Gasteiger partial charge in [0.2, 0.25) is 5.91 Å². The summed E-state index contributed by atoms with van der Waals surface area (Å²) in [6.07, 6.45) is 0.181. The molecule has 0 heterocycles. The van der Waals surface area contributed by atoms with Gasteiger partial charge in [-0.1, -0.05) is 0 Å². The second kappa shape index (κ2) is 8.19.